The van der Waals surface area contributed by atoms with E-state index >= 15 is 0 Å². The zero-order chi connectivity index (χ0) is 13.0. The zero-order valence-corrected chi connectivity index (χ0v) is 10.5. The monoisotopic (exact) mass is 261 g/mol. The van der Waals surface area contributed by atoms with E-state index in [-0.39, 0.29) is 35.9 Å². The van der Waals surface area contributed by atoms with Gasteiger partial charge in [-0.25, -0.2) is 0 Å². The van der Waals surface area contributed by atoms with E-state index in [1.54, 1.807) is 12.5 Å². The number of imide groups is 1. The van der Waals surface area contributed by atoms with Gasteiger partial charge in [-0.15, -0.1) is 0 Å². The first-order chi connectivity index (χ1) is 9.25. The molecule has 4 heterocycles. The van der Waals surface area contributed by atoms with Crippen LogP contribution < -0.4 is 0 Å². The van der Waals surface area contributed by atoms with Crippen molar-refractivity contribution in [3.05, 3.63) is 24.2 Å². The number of nitrogens with zero attached hydrogens (tertiary/aromatic N) is 1. The van der Waals surface area contributed by atoms with Crippen molar-refractivity contribution in [2.24, 2.45) is 11.8 Å². The molecule has 3 aliphatic heterocycles. The Balaban J connectivity index is 1.51. The Kier molecular flexibility index (Phi) is 2.33. The predicted molar refractivity (Wildman–Crippen MR) is 64.0 cm³/mol. The minimum atomic E-state index is -0.212. The molecule has 19 heavy (non-hydrogen) atoms. The van der Waals surface area contributed by atoms with Gasteiger partial charge in [0.05, 0.1) is 36.6 Å². The van der Waals surface area contributed by atoms with Crippen LogP contribution in [0.15, 0.2) is 23.0 Å². The largest absolute Gasteiger partial charge is 0.472 e. The maximum absolute atomic E-state index is 12.3. The fourth-order valence-corrected chi connectivity index (χ4v) is 3.67. The van der Waals surface area contributed by atoms with Crippen LogP contribution in [0.25, 0.3) is 0 Å². The SMILES string of the molecule is O=C1[C@@H]2[C@H](C(=O)N1CCc1ccoc1)[C@H]1CC[C@@H]2O1. The van der Waals surface area contributed by atoms with E-state index in [9.17, 15) is 9.59 Å². The third kappa shape index (κ3) is 1.51. The molecule has 5 heteroatoms. The van der Waals surface area contributed by atoms with E-state index in [0.29, 0.717) is 13.0 Å². The second kappa shape index (κ2) is 3.93. The number of hydrogen-bond acceptors (Lipinski definition) is 4. The molecule has 0 N–H and O–H groups in total. The molecule has 3 saturated heterocycles. The third-order valence-corrected chi connectivity index (χ3v) is 4.58. The first-order valence-electron chi connectivity index (χ1n) is 6.77. The number of furan rings is 1. The van der Waals surface area contributed by atoms with Crippen LogP contribution in [0.4, 0.5) is 0 Å². The minimum absolute atomic E-state index is 0.0228. The first-order valence-corrected chi connectivity index (χ1v) is 6.77. The van der Waals surface area contributed by atoms with E-state index in [1.165, 1.54) is 4.90 Å². The van der Waals surface area contributed by atoms with Gasteiger partial charge in [0.2, 0.25) is 11.8 Å². The number of rotatable bonds is 3. The molecule has 4 atom stereocenters. The average Bonchev–Trinajstić information content (AvgIpc) is 3.14. The predicted octanol–water partition coefficient (Wildman–Crippen LogP) is 0.984. The molecule has 2 amide bonds. The highest BCUT2D eigenvalue weighted by Crippen LogP contribution is 2.48. The van der Waals surface area contributed by atoms with Crippen LogP contribution in [0.3, 0.4) is 0 Å². The molecule has 5 nitrogen and oxygen atoms in total. The molecule has 4 rings (SSSR count). The number of fused-ring (bicyclic) bond motifs is 5. The summed E-state index contributed by atoms with van der Waals surface area (Å²) in [6.07, 6.45) is 5.70. The molecule has 100 valence electrons. The van der Waals surface area contributed by atoms with Crippen molar-refractivity contribution in [3.63, 3.8) is 0 Å². The molecule has 0 aromatic carbocycles. The second-order valence-electron chi connectivity index (χ2n) is 5.55. The third-order valence-electron chi connectivity index (χ3n) is 4.58. The van der Waals surface area contributed by atoms with Crippen molar-refractivity contribution in [3.8, 4) is 0 Å². The highest BCUT2D eigenvalue weighted by molar-refractivity contribution is 6.06. The van der Waals surface area contributed by atoms with E-state index in [4.69, 9.17) is 9.15 Å². The summed E-state index contributed by atoms with van der Waals surface area (Å²) in [5, 5.41) is 0. The van der Waals surface area contributed by atoms with Crippen LogP contribution in [0.2, 0.25) is 0 Å². The zero-order valence-electron chi connectivity index (χ0n) is 10.5. The number of carbonyl (C=O) groups is 2. The maximum Gasteiger partial charge on any atom is 0.235 e. The molecule has 1 aromatic heterocycles. The molecule has 2 bridgehead atoms. The van der Waals surface area contributed by atoms with E-state index in [2.05, 4.69) is 0 Å². The Morgan fingerprint density at radius 3 is 2.42 bits per heavy atom. The van der Waals surface area contributed by atoms with Crippen molar-refractivity contribution in [2.45, 2.75) is 31.5 Å². The summed E-state index contributed by atoms with van der Waals surface area (Å²) >= 11 is 0. The highest BCUT2D eigenvalue weighted by Gasteiger charge is 2.62. The van der Waals surface area contributed by atoms with Gasteiger partial charge in [-0.3, -0.25) is 14.5 Å². The maximum atomic E-state index is 12.3. The van der Waals surface area contributed by atoms with Crippen LogP contribution in [0.5, 0.6) is 0 Å². The number of ether oxygens (including phenoxy) is 1. The Bertz CT molecular complexity index is 496. The van der Waals surface area contributed by atoms with Crippen molar-refractivity contribution in [1.29, 1.82) is 0 Å². The van der Waals surface area contributed by atoms with Gasteiger partial charge in [-0.2, -0.15) is 0 Å². The van der Waals surface area contributed by atoms with Gasteiger partial charge in [0, 0.05) is 6.54 Å². The second-order valence-corrected chi connectivity index (χ2v) is 5.55. The summed E-state index contributed by atoms with van der Waals surface area (Å²) in [7, 11) is 0. The van der Waals surface area contributed by atoms with E-state index in [1.807, 2.05) is 6.07 Å². The molecule has 0 saturated carbocycles. The normalized spacial score (nSPS) is 36.3. The summed E-state index contributed by atoms with van der Waals surface area (Å²) in [6, 6.07) is 1.86. The molecule has 0 radical (unpaired) electrons. The van der Waals surface area contributed by atoms with E-state index < -0.39 is 0 Å². The summed E-state index contributed by atoms with van der Waals surface area (Å²) in [4.78, 5) is 26.1. The Morgan fingerprint density at radius 2 is 1.84 bits per heavy atom. The van der Waals surface area contributed by atoms with Crippen LogP contribution >= 0.6 is 0 Å². The van der Waals surface area contributed by atoms with Gasteiger partial charge in [0.1, 0.15) is 0 Å². The molecular weight excluding hydrogens is 246 g/mol. The van der Waals surface area contributed by atoms with Crippen molar-refractivity contribution >= 4 is 11.8 Å². The van der Waals surface area contributed by atoms with Crippen LogP contribution in [-0.4, -0.2) is 35.5 Å². The first kappa shape index (κ1) is 11.2. The van der Waals surface area contributed by atoms with E-state index in [0.717, 1.165) is 18.4 Å². The van der Waals surface area contributed by atoms with Crippen LogP contribution in [-0.2, 0) is 20.7 Å². The molecule has 0 unspecified atom stereocenters. The van der Waals surface area contributed by atoms with Crippen molar-refractivity contribution in [1.82, 2.24) is 4.90 Å². The van der Waals surface area contributed by atoms with Crippen LogP contribution in [0.1, 0.15) is 18.4 Å². The Morgan fingerprint density at radius 1 is 1.16 bits per heavy atom. The Hall–Kier alpha value is -1.62. The fraction of sp³-hybridized carbons (Fsp3) is 0.571. The van der Waals surface area contributed by atoms with Crippen molar-refractivity contribution in [2.75, 3.05) is 6.54 Å². The lowest BCUT2D eigenvalue weighted by atomic mass is 9.81. The fourth-order valence-electron chi connectivity index (χ4n) is 3.67. The number of hydrogen-bond donors (Lipinski definition) is 0. The lowest BCUT2D eigenvalue weighted by Gasteiger charge is -2.16. The summed E-state index contributed by atoms with van der Waals surface area (Å²) in [5.41, 5.74) is 1.01. The molecule has 3 aliphatic rings. The number of likely N-dealkylation sites (tertiary alicyclic amines) is 1. The lowest BCUT2D eigenvalue weighted by Crippen LogP contribution is -2.35. The minimum Gasteiger partial charge on any atom is -0.472 e. The summed E-state index contributed by atoms with van der Waals surface area (Å²) < 4.78 is 10.7. The standard InChI is InChI=1S/C14H15NO4/c16-13-11-9-1-2-10(19-9)12(11)14(17)15(13)5-3-8-4-6-18-7-8/h4,6-7,9-12H,1-3,5H2/t9-,10+,11-,12+. The molecule has 0 aliphatic carbocycles. The quantitative estimate of drug-likeness (QED) is 0.761. The topological polar surface area (TPSA) is 59.8 Å². The van der Waals surface area contributed by atoms with Gasteiger partial charge in [-0.1, -0.05) is 0 Å². The molecule has 3 fully saturated rings. The number of amides is 2. The highest BCUT2D eigenvalue weighted by atomic mass is 16.5. The molecule has 0 spiro atoms. The van der Waals surface area contributed by atoms with Gasteiger partial charge in [0.15, 0.2) is 0 Å². The van der Waals surface area contributed by atoms with Crippen molar-refractivity contribution < 1.29 is 18.7 Å². The smallest absolute Gasteiger partial charge is 0.235 e. The molecular formula is C14H15NO4. The van der Waals surface area contributed by atoms with Gasteiger partial charge in [0.25, 0.3) is 0 Å². The average molecular weight is 261 g/mol. The lowest BCUT2D eigenvalue weighted by molar-refractivity contribution is -0.142. The Labute approximate surface area is 110 Å². The molecule has 1 aromatic rings. The summed E-state index contributed by atoms with van der Waals surface area (Å²) in [5.74, 6) is -0.498. The van der Waals surface area contributed by atoms with Gasteiger partial charge >= 0.3 is 0 Å². The summed E-state index contributed by atoms with van der Waals surface area (Å²) in [6.45, 7) is 0.448. The van der Waals surface area contributed by atoms with Crippen LogP contribution in [0, 0.1) is 11.8 Å². The van der Waals surface area contributed by atoms with Gasteiger partial charge < -0.3 is 9.15 Å². The number of carbonyl (C=O) groups excluding carboxylic acids is 2. The van der Waals surface area contributed by atoms with Gasteiger partial charge in [-0.05, 0) is 30.9 Å².